The van der Waals surface area contributed by atoms with Crippen LogP contribution in [0.2, 0.25) is 0 Å². The van der Waals surface area contributed by atoms with Crippen molar-refractivity contribution in [3.63, 3.8) is 0 Å². The minimum atomic E-state index is -3.10. The molecule has 5 heteroatoms. The van der Waals surface area contributed by atoms with Crippen molar-refractivity contribution in [1.82, 2.24) is 9.62 Å². The number of rotatable bonds is 12. The van der Waals surface area contributed by atoms with E-state index in [4.69, 9.17) is 0 Å². The molecule has 0 aromatic rings. The summed E-state index contributed by atoms with van der Waals surface area (Å²) in [6.07, 6.45) is 4.82. The Morgan fingerprint density at radius 2 is 1.65 bits per heavy atom. The molecule has 0 bridgehead atoms. The van der Waals surface area contributed by atoms with Crippen LogP contribution in [0.5, 0.6) is 0 Å². The number of nitrogens with zero attached hydrogens (tertiary/aromatic N) is 1. The van der Waals surface area contributed by atoms with Crippen LogP contribution in [0.3, 0.4) is 0 Å². The average Bonchev–Trinajstić information content (AvgIpc) is 2.32. The third kappa shape index (κ3) is 8.93. The molecular weight excluding hydrogens is 272 g/mol. The molecule has 20 heavy (non-hydrogen) atoms. The van der Waals surface area contributed by atoms with Crippen LogP contribution in [0.4, 0.5) is 0 Å². The molecule has 0 aromatic heterocycles. The fraction of sp³-hybridized carbons (Fsp3) is 1.00. The molecular formula is C15H34N2O2S. The summed E-state index contributed by atoms with van der Waals surface area (Å²) >= 11 is 0. The zero-order valence-corrected chi connectivity index (χ0v) is 14.8. The van der Waals surface area contributed by atoms with Gasteiger partial charge in [0.2, 0.25) is 10.0 Å². The maximum atomic E-state index is 12.4. The highest BCUT2D eigenvalue weighted by molar-refractivity contribution is 7.89. The van der Waals surface area contributed by atoms with Gasteiger partial charge in [-0.15, -0.1) is 0 Å². The van der Waals surface area contributed by atoms with E-state index in [1.807, 2.05) is 13.8 Å². The van der Waals surface area contributed by atoms with Crippen molar-refractivity contribution in [1.29, 1.82) is 0 Å². The third-order valence-electron chi connectivity index (χ3n) is 3.30. The van der Waals surface area contributed by atoms with Crippen LogP contribution in [0.15, 0.2) is 0 Å². The van der Waals surface area contributed by atoms with E-state index in [1.165, 1.54) is 0 Å². The summed E-state index contributed by atoms with van der Waals surface area (Å²) in [5.74, 6) is 0.275. The van der Waals surface area contributed by atoms with Gasteiger partial charge >= 0.3 is 0 Å². The Kier molecular flexibility index (Phi) is 10.5. The monoisotopic (exact) mass is 306 g/mol. The van der Waals surface area contributed by atoms with Gasteiger partial charge < -0.3 is 5.32 Å². The predicted molar refractivity (Wildman–Crippen MR) is 87.5 cm³/mol. The van der Waals surface area contributed by atoms with Crippen molar-refractivity contribution >= 4 is 10.0 Å². The van der Waals surface area contributed by atoms with E-state index in [2.05, 4.69) is 26.1 Å². The summed E-state index contributed by atoms with van der Waals surface area (Å²) in [6, 6.07) is 0.526. The largest absolute Gasteiger partial charge is 0.315 e. The summed E-state index contributed by atoms with van der Waals surface area (Å²) in [6.45, 7) is 11.8. The molecule has 0 atom stereocenters. The lowest BCUT2D eigenvalue weighted by molar-refractivity contribution is 0.345. The van der Waals surface area contributed by atoms with Crippen molar-refractivity contribution < 1.29 is 8.42 Å². The van der Waals surface area contributed by atoms with Gasteiger partial charge in [0.15, 0.2) is 0 Å². The molecule has 0 saturated carbocycles. The Morgan fingerprint density at radius 3 is 2.15 bits per heavy atom. The fourth-order valence-corrected chi connectivity index (χ4v) is 4.01. The molecule has 4 nitrogen and oxygen atoms in total. The Hall–Kier alpha value is -0.130. The number of hydrogen-bond acceptors (Lipinski definition) is 3. The Bertz CT molecular complexity index is 327. The Balaban J connectivity index is 4.20. The van der Waals surface area contributed by atoms with Crippen LogP contribution in [0, 0.1) is 0 Å². The van der Waals surface area contributed by atoms with Gasteiger partial charge in [0.25, 0.3) is 0 Å². The van der Waals surface area contributed by atoms with Crippen LogP contribution in [0.1, 0.15) is 66.7 Å². The first-order chi connectivity index (χ1) is 9.31. The highest BCUT2D eigenvalue weighted by atomic mass is 32.2. The van der Waals surface area contributed by atoms with Gasteiger partial charge in [-0.3, -0.25) is 0 Å². The van der Waals surface area contributed by atoms with E-state index in [1.54, 1.807) is 4.31 Å². The first kappa shape index (κ1) is 19.9. The molecule has 0 aliphatic heterocycles. The molecule has 0 aromatic carbocycles. The van der Waals surface area contributed by atoms with Gasteiger partial charge in [-0.1, -0.05) is 33.6 Å². The molecule has 0 spiro atoms. The van der Waals surface area contributed by atoms with Gasteiger partial charge in [-0.2, -0.15) is 4.31 Å². The summed E-state index contributed by atoms with van der Waals surface area (Å²) < 4.78 is 26.4. The molecule has 0 heterocycles. The Labute approximate surface area is 126 Å². The lowest BCUT2D eigenvalue weighted by Gasteiger charge is -2.26. The number of unbranched alkanes of at least 4 members (excludes halogenated alkanes) is 3. The van der Waals surface area contributed by atoms with E-state index < -0.39 is 10.0 Å². The fourth-order valence-electron chi connectivity index (χ4n) is 2.15. The third-order valence-corrected chi connectivity index (χ3v) is 5.42. The van der Waals surface area contributed by atoms with Crippen LogP contribution in [0.25, 0.3) is 0 Å². The second kappa shape index (κ2) is 10.6. The molecule has 1 N–H and O–H groups in total. The first-order valence-electron chi connectivity index (χ1n) is 8.04. The first-order valence-corrected chi connectivity index (χ1v) is 9.65. The predicted octanol–water partition coefficient (Wildman–Crippen LogP) is 3.00. The van der Waals surface area contributed by atoms with Gasteiger partial charge in [-0.25, -0.2) is 8.42 Å². The van der Waals surface area contributed by atoms with Gasteiger partial charge in [0.05, 0.1) is 5.75 Å². The number of hydrogen-bond donors (Lipinski definition) is 1. The van der Waals surface area contributed by atoms with E-state index in [-0.39, 0.29) is 11.8 Å². The second-order valence-corrected chi connectivity index (χ2v) is 8.08. The standard InChI is InChI=1S/C15H34N2O2S/c1-6-7-9-12-17(15(4)5)20(18,19)13-10-8-11-16-14(2)3/h14-16H,6-13H2,1-5H3. The smallest absolute Gasteiger partial charge is 0.214 e. The van der Waals surface area contributed by atoms with E-state index in [0.29, 0.717) is 12.6 Å². The van der Waals surface area contributed by atoms with Crippen molar-refractivity contribution in [3.8, 4) is 0 Å². The van der Waals surface area contributed by atoms with Gasteiger partial charge in [0.1, 0.15) is 0 Å². The topological polar surface area (TPSA) is 49.4 Å². The van der Waals surface area contributed by atoms with Crippen LogP contribution in [-0.2, 0) is 10.0 Å². The van der Waals surface area contributed by atoms with Crippen molar-refractivity contribution in [3.05, 3.63) is 0 Å². The maximum Gasteiger partial charge on any atom is 0.214 e. The molecule has 0 fully saturated rings. The highest BCUT2D eigenvalue weighted by Gasteiger charge is 2.23. The Morgan fingerprint density at radius 1 is 1.00 bits per heavy atom. The minimum Gasteiger partial charge on any atom is -0.315 e. The molecule has 0 amide bonds. The van der Waals surface area contributed by atoms with Crippen molar-refractivity contribution in [2.75, 3.05) is 18.8 Å². The molecule has 0 rings (SSSR count). The van der Waals surface area contributed by atoms with Crippen molar-refractivity contribution in [2.45, 2.75) is 78.8 Å². The van der Waals surface area contributed by atoms with Gasteiger partial charge in [-0.05, 0) is 39.7 Å². The number of nitrogens with one attached hydrogen (secondary N) is 1. The van der Waals surface area contributed by atoms with E-state index >= 15 is 0 Å². The zero-order chi connectivity index (χ0) is 15.6. The molecule has 0 aliphatic rings. The molecule has 122 valence electrons. The molecule has 0 unspecified atom stereocenters. The van der Waals surface area contributed by atoms with E-state index in [0.717, 1.165) is 38.6 Å². The lowest BCUT2D eigenvalue weighted by atomic mass is 10.2. The minimum absolute atomic E-state index is 0.0608. The van der Waals surface area contributed by atoms with E-state index in [9.17, 15) is 8.42 Å². The summed E-state index contributed by atoms with van der Waals surface area (Å²) in [7, 11) is -3.10. The quantitative estimate of drug-likeness (QED) is 0.564. The number of sulfonamides is 1. The molecule has 0 saturated heterocycles. The SMILES string of the molecule is CCCCCN(C(C)C)S(=O)(=O)CCCCNC(C)C. The van der Waals surface area contributed by atoms with Crippen molar-refractivity contribution in [2.24, 2.45) is 0 Å². The molecule has 0 radical (unpaired) electrons. The second-order valence-electron chi connectivity index (χ2n) is 6.04. The van der Waals surface area contributed by atoms with Crippen LogP contribution < -0.4 is 5.32 Å². The lowest BCUT2D eigenvalue weighted by Crippen LogP contribution is -2.39. The summed E-state index contributed by atoms with van der Waals surface area (Å²) in [5, 5.41) is 3.32. The van der Waals surface area contributed by atoms with Crippen LogP contribution >= 0.6 is 0 Å². The highest BCUT2D eigenvalue weighted by Crippen LogP contribution is 2.12. The normalized spacial score (nSPS) is 12.8. The van der Waals surface area contributed by atoms with Crippen LogP contribution in [-0.4, -0.2) is 43.6 Å². The van der Waals surface area contributed by atoms with Gasteiger partial charge in [0, 0.05) is 18.6 Å². The average molecular weight is 307 g/mol. The summed E-state index contributed by atoms with van der Waals surface area (Å²) in [5.41, 5.74) is 0. The maximum absolute atomic E-state index is 12.4. The summed E-state index contributed by atoms with van der Waals surface area (Å²) in [4.78, 5) is 0. The zero-order valence-electron chi connectivity index (χ0n) is 14.0. The molecule has 0 aliphatic carbocycles.